The maximum Gasteiger partial charge on any atom is 0.327 e. The topological polar surface area (TPSA) is 88.3 Å². The first-order chi connectivity index (χ1) is 17.4. The molecule has 3 aromatic rings. The molecular weight excluding hydrogens is 463 g/mol. The highest BCUT2D eigenvalue weighted by atomic mass is 19.1. The van der Waals surface area contributed by atoms with E-state index in [2.05, 4.69) is 5.10 Å². The molecule has 1 atom stereocenters. The number of hydrogen-bond donors (Lipinski definition) is 1. The Balaban J connectivity index is 1.70. The first kappa shape index (κ1) is 23.9. The van der Waals surface area contributed by atoms with E-state index in [9.17, 15) is 18.8 Å². The number of aromatic amines is 1. The van der Waals surface area contributed by atoms with Gasteiger partial charge in [-0.05, 0) is 56.0 Å². The van der Waals surface area contributed by atoms with Gasteiger partial charge in [0.2, 0.25) is 0 Å². The van der Waals surface area contributed by atoms with Crippen LogP contribution in [0, 0.1) is 5.82 Å². The fraction of sp³-hybridized carbons (Fsp3) is 0.333. The Kier molecular flexibility index (Phi) is 6.40. The molecule has 1 aromatic carbocycles. The van der Waals surface area contributed by atoms with Crippen LogP contribution >= 0.6 is 0 Å². The second-order valence-corrected chi connectivity index (χ2v) is 8.99. The van der Waals surface area contributed by atoms with Crippen LogP contribution in [0.4, 0.5) is 4.39 Å². The van der Waals surface area contributed by atoms with E-state index < -0.39 is 23.2 Å². The molecule has 2 aliphatic rings. The van der Waals surface area contributed by atoms with Crippen molar-refractivity contribution in [3.05, 3.63) is 81.8 Å². The van der Waals surface area contributed by atoms with E-state index >= 15 is 0 Å². The van der Waals surface area contributed by atoms with Gasteiger partial charge in [0.15, 0.2) is 12.4 Å². The summed E-state index contributed by atoms with van der Waals surface area (Å²) >= 11 is 0. The van der Waals surface area contributed by atoms with E-state index in [1.54, 1.807) is 10.8 Å². The second-order valence-electron chi connectivity index (χ2n) is 8.99. The van der Waals surface area contributed by atoms with Crippen molar-refractivity contribution >= 4 is 23.1 Å². The van der Waals surface area contributed by atoms with Gasteiger partial charge in [0.1, 0.15) is 11.4 Å². The number of aryl methyl sites for hydroxylation is 2. The number of halogens is 1. The molecule has 0 unspecified atom stereocenters. The molecule has 0 radical (unpaired) electrons. The Morgan fingerprint density at radius 2 is 1.86 bits per heavy atom. The van der Waals surface area contributed by atoms with Gasteiger partial charge in [0.05, 0.1) is 23.9 Å². The first-order valence-electron chi connectivity index (χ1n) is 12.3. The number of rotatable bonds is 7. The van der Waals surface area contributed by atoms with Gasteiger partial charge in [-0.1, -0.05) is 13.8 Å². The number of pyridine rings is 1. The lowest BCUT2D eigenvalue weighted by atomic mass is 10.0. The number of imide groups is 1. The predicted molar refractivity (Wildman–Crippen MR) is 131 cm³/mol. The molecule has 8 nitrogen and oxygen atoms in total. The van der Waals surface area contributed by atoms with Crippen molar-refractivity contribution in [2.75, 3.05) is 13.2 Å². The lowest BCUT2D eigenvalue weighted by molar-refractivity contribution is -0.577. The Labute approximate surface area is 207 Å². The summed E-state index contributed by atoms with van der Waals surface area (Å²) in [5, 5.41) is 3.06. The molecule has 1 saturated heterocycles. The Hall–Kier alpha value is -3.85. The lowest BCUT2D eigenvalue weighted by Crippen LogP contribution is -2.42. The van der Waals surface area contributed by atoms with Crippen LogP contribution in [0.1, 0.15) is 43.5 Å². The number of hydrogen-bond acceptors (Lipinski definition) is 4. The molecule has 4 heterocycles. The number of amides is 2. The van der Waals surface area contributed by atoms with Crippen LogP contribution in [-0.2, 0) is 27.2 Å². The summed E-state index contributed by atoms with van der Waals surface area (Å²) < 4.78 is 22.1. The molecule has 0 saturated carbocycles. The van der Waals surface area contributed by atoms with Gasteiger partial charge in [-0.15, -0.1) is 0 Å². The number of H-pyrrole nitrogens is 1. The number of nitrogens with one attached hydrogen (secondary N) is 1. The van der Waals surface area contributed by atoms with Crippen LogP contribution in [0.5, 0.6) is 0 Å². The van der Waals surface area contributed by atoms with Crippen molar-refractivity contribution < 1.29 is 23.3 Å². The average molecular weight is 492 g/mol. The molecule has 2 aromatic heterocycles. The molecule has 0 bridgehead atoms. The molecule has 5 rings (SSSR count). The summed E-state index contributed by atoms with van der Waals surface area (Å²) in [6.45, 7) is 4.60. The summed E-state index contributed by atoms with van der Waals surface area (Å²) in [6.07, 6.45) is 6.11. The fourth-order valence-corrected chi connectivity index (χ4v) is 4.83. The summed E-state index contributed by atoms with van der Waals surface area (Å²) in [6, 6.07) is 9.25. The third-order valence-electron chi connectivity index (χ3n) is 6.74. The molecule has 0 spiro atoms. The fourth-order valence-electron chi connectivity index (χ4n) is 4.83. The van der Waals surface area contributed by atoms with E-state index in [4.69, 9.17) is 4.74 Å². The minimum Gasteiger partial charge on any atom is -0.376 e. The van der Waals surface area contributed by atoms with Crippen LogP contribution in [0.2, 0.25) is 0 Å². The second kappa shape index (κ2) is 9.66. The highest BCUT2D eigenvalue weighted by Gasteiger charge is 2.48. The zero-order valence-electron chi connectivity index (χ0n) is 20.3. The average Bonchev–Trinajstić information content (AvgIpc) is 3.58. The van der Waals surface area contributed by atoms with Crippen LogP contribution in [0.15, 0.2) is 53.6 Å². The molecular formula is C27H28FN4O4+. The molecule has 9 heteroatoms. The SMILES string of the molecule is CCc1ccc[n+](C2=C(c3c(CC)[nH]n(-c4ccc(F)cc4)c3=O)C(=O)N(C[C@@H]3CCCO3)C2=O)c1. The van der Waals surface area contributed by atoms with Gasteiger partial charge in [-0.25, -0.2) is 9.07 Å². The van der Waals surface area contributed by atoms with Gasteiger partial charge in [0.25, 0.3) is 17.2 Å². The summed E-state index contributed by atoms with van der Waals surface area (Å²) in [7, 11) is 0. The van der Waals surface area contributed by atoms with E-state index in [0.29, 0.717) is 24.4 Å². The Morgan fingerprint density at radius 3 is 2.53 bits per heavy atom. The van der Waals surface area contributed by atoms with Crippen molar-refractivity contribution in [1.29, 1.82) is 0 Å². The van der Waals surface area contributed by atoms with Crippen molar-refractivity contribution in [1.82, 2.24) is 14.7 Å². The van der Waals surface area contributed by atoms with E-state index in [0.717, 1.165) is 24.8 Å². The first-order valence-corrected chi connectivity index (χ1v) is 12.3. The summed E-state index contributed by atoms with van der Waals surface area (Å²) in [4.78, 5) is 42.4. The van der Waals surface area contributed by atoms with Crippen molar-refractivity contribution in [2.45, 2.75) is 45.6 Å². The van der Waals surface area contributed by atoms with Gasteiger partial charge in [-0.3, -0.25) is 24.4 Å². The standard InChI is InChI=1S/C27H27FN4O4/c1-3-17-7-5-13-30(15-17)24-23(25(33)31(27(24)35)16-20-8-6-14-36-20)22-21(4-2)29-32(26(22)34)19-11-9-18(28)10-12-19/h5,7,9-13,15,20H,3-4,6,8,14,16H2,1-2H3/p+1/t20-/m0/s1. The van der Waals surface area contributed by atoms with E-state index in [1.807, 2.05) is 32.2 Å². The minimum atomic E-state index is -0.517. The number of carbonyl (C=O) groups excluding carboxylic acids is 2. The highest BCUT2D eigenvalue weighted by Crippen LogP contribution is 2.31. The number of ether oxygens (including phenoxy) is 1. The maximum atomic E-state index is 13.8. The van der Waals surface area contributed by atoms with Crippen molar-refractivity contribution in [3.8, 4) is 5.69 Å². The molecule has 1 fully saturated rings. The summed E-state index contributed by atoms with van der Waals surface area (Å²) in [5.74, 6) is -1.40. The van der Waals surface area contributed by atoms with Crippen LogP contribution in [0.3, 0.4) is 0 Å². The van der Waals surface area contributed by atoms with Crippen molar-refractivity contribution in [2.24, 2.45) is 0 Å². The van der Waals surface area contributed by atoms with Gasteiger partial charge < -0.3 is 4.74 Å². The van der Waals surface area contributed by atoms with Crippen LogP contribution in [-0.4, -0.2) is 45.8 Å². The molecule has 1 N–H and O–H groups in total. The molecule has 0 aliphatic carbocycles. The smallest absolute Gasteiger partial charge is 0.327 e. The molecule has 186 valence electrons. The Morgan fingerprint density at radius 1 is 1.08 bits per heavy atom. The monoisotopic (exact) mass is 491 g/mol. The van der Waals surface area contributed by atoms with E-state index in [-0.39, 0.29) is 29.5 Å². The highest BCUT2D eigenvalue weighted by molar-refractivity contribution is 6.44. The lowest BCUT2D eigenvalue weighted by Gasteiger charge is -2.18. The molecule has 2 amide bonds. The third-order valence-corrected chi connectivity index (χ3v) is 6.74. The zero-order chi connectivity index (χ0) is 25.4. The number of nitrogens with zero attached hydrogens (tertiary/aromatic N) is 3. The van der Waals surface area contributed by atoms with Gasteiger partial charge in [-0.2, -0.15) is 4.57 Å². The van der Waals surface area contributed by atoms with Crippen LogP contribution < -0.4 is 10.1 Å². The number of aromatic nitrogens is 3. The maximum absolute atomic E-state index is 13.8. The molecule has 2 aliphatic heterocycles. The largest absolute Gasteiger partial charge is 0.376 e. The number of benzene rings is 1. The Bertz CT molecular complexity index is 1410. The zero-order valence-corrected chi connectivity index (χ0v) is 20.3. The quantitative estimate of drug-likeness (QED) is 0.407. The van der Waals surface area contributed by atoms with Crippen LogP contribution in [0.25, 0.3) is 17.0 Å². The minimum absolute atomic E-state index is 0.0650. The van der Waals surface area contributed by atoms with Gasteiger partial charge >= 0.3 is 5.91 Å². The molecule has 36 heavy (non-hydrogen) atoms. The predicted octanol–water partition coefficient (Wildman–Crippen LogP) is 2.63. The normalized spacial score (nSPS) is 18.1. The summed E-state index contributed by atoms with van der Waals surface area (Å²) in [5.41, 5.74) is 1.82. The third kappa shape index (κ3) is 4.09. The van der Waals surface area contributed by atoms with Crippen molar-refractivity contribution in [3.63, 3.8) is 0 Å². The van der Waals surface area contributed by atoms with Gasteiger partial charge in [0, 0.05) is 23.9 Å². The van der Waals surface area contributed by atoms with E-state index in [1.165, 1.54) is 33.8 Å². The number of carbonyl (C=O) groups is 2.